The molecule has 3 nitrogen and oxygen atoms in total. The van der Waals surface area contributed by atoms with Crippen molar-refractivity contribution in [2.75, 3.05) is 0 Å². The van der Waals surface area contributed by atoms with Gasteiger partial charge in [-0.05, 0) is 6.07 Å². The van der Waals surface area contributed by atoms with Gasteiger partial charge in [0.25, 0.3) is 6.43 Å². The normalized spacial score (nSPS) is 11.0. The highest BCUT2D eigenvalue weighted by Gasteiger charge is 2.09. The maximum Gasteiger partial charge on any atom is 0.265 e. The molecule has 5 heteroatoms. The third-order valence-electron chi connectivity index (χ3n) is 2.29. The Bertz CT molecular complexity index is 480. The fourth-order valence-electron chi connectivity index (χ4n) is 1.41. The van der Waals surface area contributed by atoms with Crippen LogP contribution in [0.4, 0.5) is 8.78 Å². The van der Waals surface area contributed by atoms with E-state index >= 15 is 0 Å². The lowest BCUT2D eigenvalue weighted by atomic mass is 10.2. The van der Waals surface area contributed by atoms with Gasteiger partial charge in [-0.1, -0.05) is 6.92 Å². The fraction of sp³-hybridized carbons (Fsp3) is 0.273. The minimum atomic E-state index is -2.50. The van der Waals surface area contributed by atoms with Crippen molar-refractivity contribution in [2.24, 2.45) is 0 Å². The van der Waals surface area contributed by atoms with Gasteiger partial charge < -0.3 is 4.98 Å². The summed E-state index contributed by atoms with van der Waals surface area (Å²) < 4.78 is 24.9. The molecule has 0 saturated carbocycles. The molecule has 0 bridgehead atoms. The molecule has 0 aliphatic carbocycles. The van der Waals surface area contributed by atoms with Gasteiger partial charge in [0.1, 0.15) is 5.82 Å². The van der Waals surface area contributed by atoms with Gasteiger partial charge in [0.05, 0.1) is 11.9 Å². The number of aromatic amines is 1. The van der Waals surface area contributed by atoms with Crippen molar-refractivity contribution in [3.8, 4) is 11.3 Å². The SMILES string of the molecule is CCc1ncc(-c2cncc(C(F)F)c2)[nH]1. The first-order valence-corrected chi connectivity index (χ1v) is 4.98. The van der Waals surface area contributed by atoms with E-state index < -0.39 is 6.43 Å². The zero-order valence-electron chi connectivity index (χ0n) is 8.74. The Morgan fingerprint density at radius 2 is 2.12 bits per heavy atom. The smallest absolute Gasteiger partial charge is 0.265 e. The summed E-state index contributed by atoms with van der Waals surface area (Å²) in [5.41, 5.74) is 1.27. The van der Waals surface area contributed by atoms with Crippen molar-refractivity contribution in [3.63, 3.8) is 0 Å². The molecule has 0 amide bonds. The number of hydrogen-bond acceptors (Lipinski definition) is 2. The molecule has 2 rings (SSSR count). The van der Waals surface area contributed by atoms with Crippen LogP contribution < -0.4 is 0 Å². The molecule has 2 aromatic rings. The molecule has 0 unspecified atom stereocenters. The number of pyridine rings is 1. The summed E-state index contributed by atoms with van der Waals surface area (Å²) >= 11 is 0. The van der Waals surface area contributed by atoms with Crippen LogP contribution in [0, 0.1) is 0 Å². The summed E-state index contributed by atoms with van der Waals surface area (Å²) in [7, 11) is 0. The molecule has 0 spiro atoms. The summed E-state index contributed by atoms with van der Waals surface area (Å²) in [6.45, 7) is 1.97. The van der Waals surface area contributed by atoms with Gasteiger partial charge in [-0.2, -0.15) is 0 Å². The fourth-order valence-corrected chi connectivity index (χ4v) is 1.41. The second-order valence-corrected chi connectivity index (χ2v) is 3.40. The van der Waals surface area contributed by atoms with Crippen LogP contribution in [-0.4, -0.2) is 15.0 Å². The molecular formula is C11H11F2N3. The van der Waals surface area contributed by atoms with Crippen molar-refractivity contribution < 1.29 is 8.78 Å². The van der Waals surface area contributed by atoms with Crippen LogP contribution in [0.25, 0.3) is 11.3 Å². The topological polar surface area (TPSA) is 41.6 Å². The van der Waals surface area contributed by atoms with E-state index in [1.165, 1.54) is 12.3 Å². The van der Waals surface area contributed by atoms with Crippen molar-refractivity contribution in [3.05, 3.63) is 36.0 Å². The van der Waals surface area contributed by atoms with Crippen LogP contribution in [0.2, 0.25) is 0 Å². The maximum atomic E-state index is 12.5. The number of rotatable bonds is 3. The lowest BCUT2D eigenvalue weighted by Gasteiger charge is -2.01. The molecule has 0 aliphatic heterocycles. The van der Waals surface area contributed by atoms with Gasteiger partial charge in [0.2, 0.25) is 0 Å². The number of imidazole rings is 1. The predicted molar refractivity (Wildman–Crippen MR) is 56.2 cm³/mol. The van der Waals surface area contributed by atoms with Crippen molar-refractivity contribution in [2.45, 2.75) is 19.8 Å². The number of nitrogens with zero attached hydrogens (tertiary/aromatic N) is 2. The van der Waals surface area contributed by atoms with Gasteiger partial charge in [-0.3, -0.25) is 4.98 Å². The largest absolute Gasteiger partial charge is 0.342 e. The average Bonchev–Trinajstić information content (AvgIpc) is 2.77. The lowest BCUT2D eigenvalue weighted by molar-refractivity contribution is 0.151. The molecule has 2 heterocycles. The van der Waals surface area contributed by atoms with E-state index in [4.69, 9.17) is 0 Å². The molecule has 2 aromatic heterocycles. The number of hydrogen-bond donors (Lipinski definition) is 1. The van der Waals surface area contributed by atoms with Crippen molar-refractivity contribution >= 4 is 0 Å². The van der Waals surface area contributed by atoms with Crippen LogP contribution in [0.1, 0.15) is 24.7 Å². The second-order valence-electron chi connectivity index (χ2n) is 3.40. The van der Waals surface area contributed by atoms with E-state index in [0.717, 1.165) is 12.2 Å². The van der Waals surface area contributed by atoms with E-state index in [1.54, 1.807) is 12.4 Å². The quantitative estimate of drug-likeness (QED) is 0.869. The molecule has 0 aliphatic rings. The van der Waals surface area contributed by atoms with Gasteiger partial charge in [-0.15, -0.1) is 0 Å². The van der Waals surface area contributed by atoms with Gasteiger partial charge in [-0.25, -0.2) is 13.8 Å². The number of aryl methyl sites for hydroxylation is 1. The summed E-state index contributed by atoms with van der Waals surface area (Å²) in [6, 6.07) is 1.42. The maximum absolute atomic E-state index is 12.5. The molecule has 0 radical (unpaired) electrons. The highest BCUT2D eigenvalue weighted by molar-refractivity contribution is 5.58. The Kier molecular flexibility index (Phi) is 2.94. The van der Waals surface area contributed by atoms with E-state index in [9.17, 15) is 8.78 Å². The van der Waals surface area contributed by atoms with Crippen LogP contribution in [0.3, 0.4) is 0 Å². The molecule has 0 atom stereocenters. The lowest BCUT2D eigenvalue weighted by Crippen LogP contribution is -1.88. The number of aromatic nitrogens is 3. The summed E-state index contributed by atoms with van der Waals surface area (Å²) in [4.78, 5) is 11.0. The Morgan fingerprint density at radius 1 is 1.31 bits per heavy atom. The summed E-state index contributed by atoms with van der Waals surface area (Å²) in [5, 5.41) is 0. The zero-order chi connectivity index (χ0) is 11.5. The summed E-state index contributed by atoms with van der Waals surface area (Å²) in [5.74, 6) is 0.831. The molecule has 84 valence electrons. The van der Waals surface area contributed by atoms with E-state index in [0.29, 0.717) is 11.3 Å². The monoisotopic (exact) mass is 223 g/mol. The van der Waals surface area contributed by atoms with Gasteiger partial charge in [0.15, 0.2) is 0 Å². The van der Waals surface area contributed by atoms with Crippen molar-refractivity contribution in [1.82, 2.24) is 15.0 Å². The third kappa shape index (κ3) is 2.08. The number of halogens is 2. The number of H-pyrrole nitrogens is 1. The van der Waals surface area contributed by atoms with Gasteiger partial charge >= 0.3 is 0 Å². The Morgan fingerprint density at radius 3 is 2.75 bits per heavy atom. The minimum absolute atomic E-state index is 0.0786. The third-order valence-corrected chi connectivity index (χ3v) is 2.29. The van der Waals surface area contributed by atoms with E-state index in [1.807, 2.05) is 6.92 Å². The van der Waals surface area contributed by atoms with E-state index in [-0.39, 0.29) is 5.56 Å². The molecule has 0 saturated heterocycles. The van der Waals surface area contributed by atoms with Crippen LogP contribution in [0.5, 0.6) is 0 Å². The van der Waals surface area contributed by atoms with Crippen LogP contribution in [0.15, 0.2) is 24.7 Å². The predicted octanol–water partition coefficient (Wildman–Crippen LogP) is 2.97. The molecular weight excluding hydrogens is 212 g/mol. The average molecular weight is 223 g/mol. The molecule has 16 heavy (non-hydrogen) atoms. The molecule has 1 N–H and O–H groups in total. The first-order valence-electron chi connectivity index (χ1n) is 4.98. The molecule has 0 fully saturated rings. The highest BCUT2D eigenvalue weighted by Crippen LogP contribution is 2.23. The Hall–Kier alpha value is -1.78. The van der Waals surface area contributed by atoms with Crippen LogP contribution >= 0.6 is 0 Å². The van der Waals surface area contributed by atoms with Gasteiger partial charge in [0, 0.05) is 29.9 Å². The Labute approximate surface area is 91.6 Å². The second kappa shape index (κ2) is 4.38. The number of nitrogens with one attached hydrogen (secondary N) is 1. The van der Waals surface area contributed by atoms with Crippen LogP contribution in [-0.2, 0) is 6.42 Å². The van der Waals surface area contributed by atoms with Crippen molar-refractivity contribution in [1.29, 1.82) is 0 Å². The van der Waals surface area contributed by atoms with E-state index in [2.05, 4.69) is 15.0 Å². The Balaban J connectivity index is 2.36. The molecule has 0 aromatic carbocycles. The zero-order valence-corrected chi connectivity index (χ0v) is 8.74. The highest BCUT2D eigenvalue weighted by atomic mass is 19.3. The minimum Gasteiger partial charge on any atom is -0.342 e. The first kappa shape index (κ1) is 10.7. The summed E-state index contributed by atoms with van der Waals surface area (Å²) in [6.07, 6.45) is 2.62. The standard InChI is InChI=1S/C11H11F2N3/c1-2-10-15-6-9(16-10)7-3-8(11(12)13)5-14-4-7/h3-6,11H,2H2,1H3,(H,15,16). The first-order chi connectivity index (χ1) is 7.70. The number of alkyl halides is 2.